The zero-order valence-corrected chi connectivity index (χ0v) is 13.7. The van der Waals surface area contributed by atoms with Gasteiger partial charge in [0.05, 0.1) is 0 Å². The summed E-state index contributed by atoms with van der Waals surface area (Å²) in [6.45, 7) is 4.08. The van der Waals surface area contributed by atoms with Gasteiger partial charge in [0.1, 0.15) is 0 Å². The van der Waals surface area contributed by atoms with Crippen LogP contribution in [-0.4, -0.2) is 24.4 Å². The lowest BCUT2D eigenvalue weighted by Crippen LogP contribution is -2.26. The summed E-state index contributed by atoms with van der Waals surface area (Å²) in [6.07, 6.45) is 4.53. The van der Waals surface area contributed by atoms with Gasteiger partial charge < -0.3 is 10.2 Å². The van der Waals surface area contributed by atoms with Gasteiger partial charge in [0.25, 0.3) is 0 Å². The molecule has 3 rings (SSSR count). The first kappa shape index (κ1) is 15.5. The molecule has 0 bridgehead atoms. The summed E-state index contributed by atoms with van der Waals surface area (Å²) in [4.78, 5) is 14.4. The van der Waals surface area contributed by atoms with E-state index in [1.807, 2.05) is 43.3 Å². The lowest BCUT2D eigenvalue weighted by molar-refractivity contribution is -0.111. The van der Waals surface area contributed by atoms with Crippen LogP contribution >= 0.6 is 0 Å². The Morgan fingerprint density at radius 2 is 2.00 bits per heavy atom. The molecule has 0 unspecified atom stereocenters. The van der Waals surface area contributed by atoms with Crippen LogP contribution in [0.2, 0.25) is 0 Å². The maximum absolute atomic E-state index is 12.1. The number of carbonyl (C=O) groups is 1. The summed E-state index contributed by atoms with van der Waals surface area (Å²) in [5.74, 6) is -0.0997. The molecule has 0 aliphatic carbocycles. The summed E-state index contributed by atoms with van der Waals surface area (Å²) in [5, 5.41) is 2.95. The molecule has 3 heteroatoms. The molecule has 2 aromatic carbocycles. The van der Waals surface area contributed by atoms with Gasteiger partial charge in [0, 0.05) is 24.9 Å². The van der Waals surface area contributed by atoms with E-state index in [1.54, 1.807) is 6.08 Å². The number of nitrogens with zero attached hydrogens (tertiary/aromatic N) is 1. The van der Waals surface area contributed by atoms with E-state index in [0.29, 0.717) is 0 Å². The molecule has 1 N–H and O–H groups in total. The number of likely N-dealkylation sites (N-methyl/N-ethyl adjacent to an activating group) is 1. The van der Waals surface area contributed by atoms with Gasteiger partial charge in [-0.05, 0) is 60.9 Å². The number of hydrogen-bond acceptors (Lipinski definition) is 2. The SMILES string of the molecule is Cc1ccccc1C=CC(=O)Nc1ccc2c(c1)CN(C)CC2. The van der Waals surface area contributed by atoms with E-state index >= 15 is 0 Å². The Kier molecular flexibility index (Phi) is 4.58. The van der Waals surface area contributed by atoms with E-state index in [-0.39, 0.29) is 5.91 Å². The van der Waals surface area contributed by atoms with Gasteiger partial charge in [0.15, 0.2) is 0 Å². The molecule has 0 aromatic heterocycles. The third-order valence-corrected chi connectivity index (χ3v) is 4.28. The fourth-order valence-electron chi connectivity index (χ4n) is 2.90. The van der Waals surface area contributed by atoms with Crippen molar-refractivity contribution < 1.29 is 4.79 Å². The summed E-state index contributed by atoms with van der Waals surface area (Å²) in [6, 6.07) is 14.2. The monoisotopic (exact) mass is 306 g/mol. The van der Waals surface area contributed by atoms with Crippen molar-refractivity contribution in [1.29, 1.82) is 0 Å². The molecule has 118 valence electrons. The number of benzene rings is 2. The fraction of sp³-hybridized carbons (Fsp3) is 0.250. The Labute approximate surface area is 137 Å². The fourth-order valence-corrected chi connectivity index (χ4v) is 2.90. The summed E-state index contributed by atoms with van der Waals surface area (Å²) in [5.41, 5.74) is 5.78. The predicted molar refractivity (Wildman–Crippen MR) is 95.3 cm³/mol. The second-order valence-corrected chi connectivity index (χ2v) is 6.15. The van der Waals surface area contributed by atoms with Crippen molar-refractivity contribution in [3.05, 3.63) is 70.8 Å². The quantitative estimate of drug-likeness (QED) is 0.878. The highest BCUT2D eigenvalue weighted by Crippen LogP contribution is 2.22. The molecule has 1 amide bonds. The van der Waals surface area contributed by atoms with Gasteiger partial charge >= 0.3 is 0 Å². The van der Waals surface area contributed by atoms with Crippen molar-refractivity contribution in [1.82, 2.24) is 4.90 Å². The second kappa shape index (κ2) is 6.80. The molecule has 0 fully saturated rings. The molecular weight excluding hydrogens is 284 g/mol. The van der Waals surface area contributed by atoms with E-state index in [1.165, 1.54) is 11.1 Å². The molecule has 0 saturated heterocycles. The van der Waals surface area contributed by atoms with E-state index in [0.717, 1.165) is 36.3 Å². The smallest absolute Gasteiger partial charge is 0.248 e. The number of anilines is 1. The number of rotatable bonds is 3. The molecule has 0 radical (unpaired) electrons. The standard InChI is InChI=1S/C20H22N2O/c1-15-5-3-4-6-16(15)8-10-20(23)21-19-9-7-17-11-12-22(2)14-18(17)13-19/h3-10,13H,11-12,14H2,1-2H3,(H,21,23). The third-order valence-electron chi connectivity index (χ3n) is 4.28. The van der Waals surface area contributed by atoms with Crippen LogP contribution in [0, 0.1) is 6.92 Å². The predicted octanol–water partition coefficient (Wildman–Crippen LogP) is 3.63. The summed E-state index contributed by atoms with van der Waals surface area (Å²) < 4.78 is 0. The molecule has 23 heavy (non-hydrogen) atoms. The highest BCUT2D eigenvalue weighted by Gasteiger charge is 2.13. The molecule has 1 aliphatic heterocycles. The normalized spacial score (nSPS) is 14.7. The Hall–Kier alpha value is -2.39. The lowest BCUT2D eigenvalue weighted by atomic mass is 9.99. The van der Waals surface area contributed by atoms with Crippen LogP contribution in [0.25, 0.3) is 6.08 Å². The number of hydrogen-bond donors (Lipinski definition) is 1. The van der Waals surface area contributed by atoms with Crippen molar-refractivity contribution >= 4 is 17.7 Å². The number of fused-ring (bicyclic) bond motifs is 1. The largest absolute Gasteiger partial charge is 0.323 e. The number of nitrogens with one attached hydrogen (secondary N) is 1. The molecular formula is C20H22N2O. The minimum Gasteiger partial charge on any atom is -0.323 e. The van der Waals surface area contributed by atoms with E-state index < -0.39 is 0 Å². The molecule has 3 nitrogen and oxygen atoms in total. The first-order chi connectivity index (χ1) is 11.1. The van der Waals surface area contributed by atoms with Crippen LogP contribution < -0.4 is 5.32 Å². The minimum absolute atomic E-state index is 0.0997. The van der Waals surface area contributed by atoms with E-state index in [2.05, 4.69) is 29.4 Å². The van der Waals surface area contributed by atoms with Crippen LogP contribution in [0.1, 0.15) is 22.3 Å². The number of aryl methyl sites for hydroxylation is 1. The Bertz CT molecular complexity index is 749. The second-order valence-electron chi connectivity index (χ2n) is 6.15. The van der Waals surface area contributed by atoms with Crippen molar-refractivity contribution in [2.24, 2.45) is 0 Å². The van der Waals surface area contributed by atoms with Gasteiger partial charge in [-0.3, -0.25) is 4.79 Å². The van der Waals surface area contributed by atoms with Gasteiger partial charge in [0.2, 0.25) is 5.91 Å². The van der Waals surface area contributed by atoms with Crippen molar-refractivity contribution in [2.75, 3.05) is 18.9 Å². The first-order valence-corrected chi connectivity index (χ1v) is 7.97. The lowest BCUT2D eigenvalue weighted by Gasteiger charge is -2.25. The average Bonchev–Trinajstić information content (AvgIpc) is 2.54. The topological polar surface area (TPSA) is 32.3 Å². The average molecular weight is 306 g/mol. The summed E-state index contributed by atoms with van der Waals surface area (Å²) >= 11 is 0. The highest BCUT2D eigenvalue weighted by atomic mass is 16.1. The van der Waals surface area contributed by atoms with Crippen LogP contribution in [-0.2, 0) is 17.8 Å². The van der Waals surface area contributed by atoms with E-state index in [4.69, 9.17) is 0 Å². The number of amides is 1. The minimum atomic E-state index is -0.0997. The molecule has 0 spiro atoms. The number of carbonyl (C=O) groups excluding carboxylic acids is 1. The third kappa shape index (κ3) is 3.88. The van der Waals surface area contributed by atoms with E-state index in [9.17, 15) is 4.79 Å². The zero-order chi connectivity index (χ0) is 16.2. The van der Waals surface area contributed by atoms with Crippen molar-refractivity contribution in [2.45, 2.75) is 19.9 Å². The first-order valence-electron chi connectivity index (χ1n) is 7.97. The van der Waals surface area contributed by atoms with Crippen LogP contribution in [0.4, 0.5) is 5.69 Å². The van der Waals surface area contributed by atoms with Gasteiger partial charge in [-0.1, -0.05) is 30.3 Å². The van der Waals surface area contributed by atoms with Crippen LogP contribution in [0.5, 0.6) is 0 Å². The molecule has 0 saturated carbocycles. The van der Waals surface area contributed by atoms with Crippen LogP contribution in [0.3, 0.4) is 0 Å². The highest BCUT2D eigenvalue weighted by molar-refractivity contribution is 6.02. The van der Waals surface area contributed by atoms with Gasteiger partial charge in [-0.15, -0.1) is 0 Å². The molecule has 1 aliphatic rings. The van der Waals surface area contributed by atoms with Crippen molar-refractivity contribution in [3.8, 4) is 0 Å². The van der Waals surface area contributed by atoms with Gasteiger partial charge in [-0.25, -0.2) is 0 Å². The summed E-state index contributed by atoms with van der Waals surface area (Å²) in [7, 11) is 2.12. The van der Waals surface area contributed by atoms with Crippen molar-refractivity contribution in [3.63, 3.8) is 0 Å². The molecule has 1 heterocycles. The zero-order valence-electron chi connectivity index (χ0n) is 13.7. The molecule has 2 aromatic rings. The Morgan fingerprint density at radius 1 is 1.17 bits per heavy atom. The maximum Gasteiger partial charge on any atom is 0.248 e. The van der Waals surface area contributed by atoms with Gasteiger partial charge in [-0.2, -0.15) is 0 Å². The molecule has 0 atom stereocenters. The Morgan fingerprint density at radius 3 is 2.83 bits per heavy atom. The Balaban J connectivity index is 1.69. The maximum atomic E-state index is 12.1. The van der Waals surface area contributed by atoms with Crippen LogP contribution in [0.15, 0.2) is 48.5 Å².